The van der Waals surface area contributed by atoms with Crippen LogP contribution in [0.4, 0.5) is 11.5 Å². The molecule has 1 amide bonds. The lowest BCUT2D eigenvalue weighted by Crippen LogP contribution is -2.44. The van der Waals surface area contributed by atoms with Gasteiger partial charge in [0.05, 0.1) is 5.92 Å². The van der Waals surface area contributed by atoms with Crippen molar-refractivity contribution >= 4 is 17.4 Å². The summed E-state index contributed by atoms with van der Waals surface area (Å²) in [6.07, 6.45) is 2.99. The van der Waals surface area contributed by atoms with Gasteiger partial charge in [-0.25, -0.2) is 0 Å². The summed E-state index contributed by atoms with van der Waals surface area (Å²) < 4.78 is 0. The van der Waals surface area contributed by atoms with Gasteiger partial charge in [-0.05, 0) is 34.9 Å². The van der Waals surface area contributed by atoms with E-state index >= 15 is 0 Å². The highest BCUT2D eigenvalue weighted by atomic mass is 16.6. The van der Waals surface area contributed by atoms with Crippen molar-refractivity contribution < 1.29 is 9.72 Å². The van der Waals surface area contributed by atoms with Gasteiger partial charge in [0.15, 0.2) is 0 Å². The van der Waals surface area contributed by atoms with Crippen molar-refractivity contribution in [1.29, 1.82) is 0 Å². The summed E-state index contributed by atoms with van der Waals surface area (Å²) in [6.45, 7) is 1.99. The van der Waals surface area contributed by atoms with Crippen LogP contribution in [0, 0.1) is 16.0 Å². The predicted molar refractivity (Wildman–Crippen MR) is 77.9 cm³/mol. The van der Waals surface area contributed by atoms with Gasteiger partial charge in [-0.3, -0.25) is 4.79 Å². The molecule has 1 aromatic rings. The Bertz CT molecular complexity index is 522. The fourth-order valence-electron chi connectivity index (χ4n) is 2.53. The zero-order chi connectivity index (χ0) is 15.2. The molecule has 8 nitrogen and oxygen atoms in total. The minimum atomic E-state index is -0.493. The third kappa shape index (κ3) is 3.66. The van der Waals surface area contributed by atoms with Crippen molar-refractivity contribution in [2.24, 2.45) is 11.7 Å². The normalized spacial score (nSPS) is 18.3. The summed E-state index contributed by atoms with van der Waals surface area (Å²) in [6, 6.07) is 3.34. The molecule has 0 aliphatic carbocycles. The van der Waals surface area contributed by atoms with Gasteiger partial charge in [-0.1, -0.05) is 0 Å². The molecule has 114 valence electrons. The van der Waals surface area contributed by atoms with Crippen LogP contribution < -0.4 is 16.0 Å². The van der Waals surface area contributed by atoms with Crippen molar-refractivity contribution in [3.05, 3.63) is 28.4 Å². The van der Waals surface area contributed by atoms with Crippen LogP contribution in [0.3, 0.4) is 0 Å². The van der Waals surface area contributed by atoms with Gasteiger partial charge in [0.25, 0.3) is 0 Å². The molecule has 1 aromatic heterocycles. The van der Waals surface area contributed by atoms with E-state index in [0.717, 1.165) is 12.8 Å². The first-order valence-electron chi connectivity index (χ1n) is 6.95. The molecule has 0 aromatic carbocycles. The first-order valence-corrected chi connectivity index (χ1v) is 6.95. The molecule has 2 heterocycles. The highest BCUT2D eigenvalue weighted by molar-refractivity contribution is 5.79. The molecule has 0 saturated carbocycles. The van der Waals surface area contributed by atoms with Crippen LogP contribution in [0.2, 0.25) is 0 Å². The Morgan fingerprint density at radius 3 is 3.14 bits per heavy atom. The Morgan fingerprint density at radius 2 is 2.43 bits per heavy atom. The van der Waals surface area contributed by atoms with Crippen LogP contribution in [0.25, 0.3) is 0 Å². The zero-order valence-corrected chi connectivity index (χ0v) is 11.7. The quantitative estimate of drug-likeness (QED) is 0.595. The summed E-state index contributed by atoms with van der Waals surface area (Å²) in [5.74, 6) is -0.387. The summed E-state index contributed by atoms with van der Waals surface area (Å²) in [5.41, 5.74) is 5.84. The molecule has 21 heavy (non-hydrogen) atoms. The minimum absolute atomic E-state index is 0.0447. The number of nitrogens with two attached hydrogens (primary N) is 1. The van der Waals surface area contributed by atoms with E-state index in [2.05, 4.69) is 10.3 Å². The fourth-order valence-corrected chi connectivity index (χ4v) is 2.53. The summed E-state index contributed by atoms with van der Waals surface area (Å²) >= 11 is 0. The van der Waals surface area contributed by atoms with Crippen LogP contribution in [0.5, 0.6) is 0 Å². The number of nitro groups is 1. The predicted octanol–water partition coefficient (Wildman–Crippen LogP) is 0.281. The second-order valence-corrected chi connectivity index (χ2v) is 4.97. The number of pyridine rings is 1. The van der Waals surface area contributed by atoms with Crippen LogP contribution in [0.1, 0.15) is 12.8 Å². The standard InChI is InChI=1S/C13H19N5O3/c14-5-7-16-13(19)10-3-2-8-17(9-10)11-4-1-6-15-12(11)18(20)21/h1,4,6,10H,2-3,5,7-9,14H2,(H,16,19). The van der Waals surface area contributed by atoms with E-state index in [0.29, 0.717) is 31.9 Å². The lowest BCUT2D eigenvalue weighted by molar-refractivity contribution is -0.388. The maximum absolute atomic E-state index is 12.0. The molecule has 1 aliphatic heterocycles. The van der Waals surface area contributed by atoms with E-state index in [4.69, 9.17) is 5.73 Å². The van der Waals surface area contributed by atoms with Gasteiger partial charge in [0.2, 0.25) is 5.91 Å². The van der Waals surface area contributed by atoms with E-state index in [9.17, 15) is 14.9 Å². The smallest absolute Gasteiger partial charge is 0.364 e. The number of hydrogen-bond donors (Lipinski definition) is 2. The van der Waals surface area contributed by atoms with Crippen molar-refractivity contribution in [2.45, 2.75) is 12.8 Å². The molecule has 1 aliphatic rings. The SMILES string of the molecule is NCCNC(=O)C1CCCN(c2cccnc2[N+](=O)[O-])C1. The highest BCUT2D eigenvalue weighted by Gasteiger charge is 2.29. The molecule has 8 heteroatoms. The molecule has 1 atom stereocenters. The van der Waals surface area contributed by atoms with Gasteiger partial charge in [0.1, 0.15) is 11.9 Å². The van der Waals surface area contributed by atoms with Gasteiger partial charge < -0.3 is 26.1 Å². The number of aromatic nitrogens is 1. The van der Waals surface area contributed by atoms with Crippen molar-refractivity contribution in [2.75, 3.05) is 31.1 Å². The monoisotopic (exact) mass is 293 g/mol. The lowest BCUT2D eigenvalue weighted by Gasteiger charge is -2.33. The van der Waals surface area contributed by atoms with Crippen LogP contribution in [-0.2, 0) is 4.79 Å². The second-order valence-electron chi connectivity index (χ2n) is 4.97. The Morgan fingerprint density at radius 1 is 1.62 bits per heavy atom. The number of amides is 1. The maximum atomic E-state index is 12.0. The van der Waals surface area contributed by atoms with E-state index in [1.807, 2.05) is 4.90 Å². The number of piperidine rings is 1. The number of nitrogens with one attached hydrogen (secondary N) is 1. The zero-order valence-electron chi connectivity index (χ0n) is 11.7. The Hall–Kier alpha value is -2.22. The van der Waals surface area contributed by atoms with Crippen LogP contribution in [-0.4, -0.2) is 42.0 Å². The number of hydrogen-bond acceptors (Lipinski definition) is 6. The van der Waals surface area contributed by atoms with E-state index in [1.165, 1.54) is 6.20 Å². The average molecular weight is 293 g/mol. The third-order valence-corrected chi connectivity index (χ3v) is 3.52. The van der Waals surface area contributed by atoms with Gasteiger partial charge in [-0.2, -0.15) is 0 Å². The highest BCUT2D eigenvalue weighted by Crippen LogP contribution is 2.29. The van der Waals surface area contributed by atoms with E-state index in [1.54, 1.807) is 12.1 Å². The molecule has 1 unspecified atom stereocenters. The summed E-state index contributed by atoms with van der Waals surface area (Å²) in [7, 11) is 0. The number of carbonyl (C=O) groups is 1. The average Bonchev–Trinajstić information content (AvgIpc) is 2.52. The Balaban J connectivity index is 2.11. The van der Waals surface area contributed by atoms with Crippen LogP contribution in [0.15, 0.2) is 18.3 Å². The number of anilines is 1. The van der Waals surface area contributed by atoms with Crippen molar-refractivity contribution in [3.8, 4) is 0 Å². The lowest BCUT2D eigenvalue weighted by atomic mass is 9.96. The molecule has 1 fully saturated rings. The molecule has 1 saturated heterocycles. The third-order valence-electron chi connectivity index (χ3n) is 3.52. The van der Waals surface area contributed by atoms with E-state index in [-0.39, 0.29) is 17.6 Å². The maximum Gasteiger partial charge on any atom is 0.387 e. The molecule has 0 bridgehead atoms. The largest absolute Gasteiger partial charge is 0.387 e. The number of rotatable bonds is 5. The summed E-state index contributed by atoms with van der Waals surface area (Å²) in [5, 5.41) is 13.8. The molecule has 0 radical (unpaired) electrons. The Kier molecular flexibility index (Phi) is 5.04. The fraction of sp³-hybridized carbons (Fsp3) is 0.538. The molecule has 2 rings (SSSR count). The minimum Gasteiger partial charge on any atom is -0.364 e. The molecular formula is C13H19N5O3. The van der Waals surface area contributed by atoms with E-state index < -0.39 is 4.92 Å². The molecule has 3 N–H and O–H groups in total. The van der Waals surface area contributed by atoms with Crippen molar-refractivity contribution in [3.63, 3.8) is 0 Å². The van der Waals surface area contributed by atoms with Gasteiger partial charge in [0, 0.05) is 26.2 Å². The van der Waals surface area contributed by atoms with Gasteiger partial charge in [-0.15, -0.1) is 0 Å². The van der Waals surface area contributed by atoms with Crippen molar-refractivity contribution in [1.82, 2.24) is 10.3 Å². The first-order chi connectivity index (χ1) is 10.1. The molecule has 0 spiro atoms. The number of nitrogens with zero attached hydrogens (tertiary/aromatic N) is 3. The second kappa shape index (κ2) is 6.98. The van der Waals surface area contributed by atoms with Gasteiger partial charge >= 0.3 is 5.82 Å². The molecular weight excluding hydrogens is 274 g/mol. The Labute approximate surface area is 122 Å². The number of carbonyl (C=O) groups excluding carboxylic acids is 1. The topological polar surface area (TPSA) is 114 Å². The first kappa shape index (κ1) is 15.2. The van der Waals surface area contributed by atoms with Crippen LogP contribution >= 0.6 is 0 Å². The summed E-state index contributed by atoms with van der Waals surface area (Å²) in [4.78, 5) is 28.2.